The minimum Gasteiger partial charge on any atom is -0.319 e. The Kier molecular flexibility index (Phi) is 5.27. The highest BCUT2D eigenvalue weighted by Gasteiger charge is 2.34. The maximum Gasteiger partial charge on any atom is 0.278 e. The summed E-state index contributed by atoms with van der Waals surface area (Å²) >= 11 is 5.10. The lowest BCUT2D eigenvalue weighted by atomic mass is 10.2. The van der Waals surface area contributed by atoms with Crippen molar-refractivity contribution in [2.24, 2.45) is 0 Å². The van der Waals surface area contributed by atoms with Crippen LogP contribution in [0.4, 0.5) is 5.69 Å². The molecule has 0 aliphatic heterocycles. The average Bonchev–Trinajstić information content (AvgIpc) is 3.42. The van der Waals surface area contributed by atoms with Crippen molar-refractivity contribution in [3.05, 3.63) is 58.5 Å². The van der Waals surface area contributed by atoms with E-state index in [1.165, 1.54) is 0 Å². The molecule has 0 bridgehead atoms. The summed E-state index contributed by atoms with van der Waals surface area (Å²) in [5, 5.41) is 12.3. The number of rotatable bonds is 6. The van der Waals surface area contributed by atoms with Crippen molar-refractivity contribution in [1.29, 1.82) is 0 Å². The Morgan fingerprint density at radius 3 is 2.67 bits per heavy atom. The van der Waals surface area contributed by atoms with Crippen molar-refractivity contribution < 1.29 is 4.79 Å². The molecule has 2 heterocycles. The predicted molar refractivity (Wildman–Crippen MR) is 110 cm³/mol. The molecule has 138 valence electrons. The predicted octanol–water partition coefficient (Wildman–Crippen LogP) is 4.67. The van der Waals surface area contributed by atoms with Crippen LogP contribution in [0.15, 0.2) is 52.1 Å². The van der Waals surface area contributed by atoms with Crippen molar-refractivity contribution in [1.82, 2.24) is 20.0 Å². The maximum atomic E-state index is 12.8. The zero-order valence-corrected chi connectivity index (χ0v) is 17.1. The quantitative estimate of drug-likeness (QED) is 0.560. The molecule has 2 aromatic heterocycles. The molecule has 1 aliphatic rings. The number of nitrogens with one attached hydrogen (secondary N) is 1. The Morgan fingerprint density at radius 2 is 2.04 bits per heavy atom. The number of benzene rings is 1. The Bertz CT molecular complexity index is 951. The summed E-state index contributed by atoms with van der Waals surface area (Å²) in [5.74, 6) is 1.03. The number of hydrogen-bond donors (Lipinski definition) is 1. The van der Waals surface area contributed by atoms with Crippen molar-refractivity contribution >= 4 is 39.3 Å². The Hall–Kier alpha value is -2.19. The summed E-state index contributed by atoms with van der Waals surface area (Å²) in [6.07, 6.45) is 3.77. The highest BCUT2D eigenvalue weighted by Crippen LogP contribution is 2.42. The van der Waals surface area contributed by atoms with Gasteiger partial charge in [-0.25, -0.2) is 9.67 Å². The second kappa shape index (κ2) is 7.82. The van der Waals surface area contributed by atoms with Gasteiger partial charge in [0.2, 0.25) is 0 Å². The van der Waals surface area contributed by atoms with E-state index in [1.54, 1.807) is 22.6 Å². The van der Waals surface area contributed by atoms with Crippen molar-refractivity contribution in [2.75, 3.05) is 11.1 Å². The Balaban J connectivity index is 1.59. The monoisotopic (exact) mass is 443 g/mol. The highest BCUT2D eigenvalue weighted by molar-refractivity contribution is 9.10. The molecular formula is C19H18BrN5OS. The molecule has 1 aromatic carbocycles. The summed E-state index contributed by atoms with van der Waals surface area (Å²) < 4.78 is 2.77. The van der Waals surface area contributed by atoms with Gasteiger partial charge in [-0.15, -0.1) is 16.9 Å². The fourth-order valence-corrected chi connectivity index (χ4v) is 3.68. The van der Waals surface area contributed by atoms with Gasteiger partial charge in [-0.1, -0.05) is 28.1 Å². The van der Waals surface area contributed by atoms with E-state index in [9.17, 15) is 4.79 Å². The van der Waals surface area contributed by atoms with Gasteiger partial charge < -0.3 is 5.32 Å². The first-order valence-corrected chi connectivity index (χ1v) is 10.6. The summed E-state index contributed by atoms with van der Waals surface area (Å²) in [6, 6.07) is 11.6. The standard InChI is InChI=1S/C19H18BrN5OS/c1-2-27-16-10-7-14(11-21-16)22-19(26)17-18(12-3-4-12)25(24-23-17)15-8-5-13(20)6-9-15/h5-12H,2-4H2,1H3,(H,22,26). The fourth-order valence-electron chi connectivity index (χ4n) is 2.82. The third-order valence-electron chi connectivity index (χ3n) is 4.24. The zero-order chi connectivity index (χ0) is 18.8. The number of thioether (sulfide) groups is 1. The van der Waals surface area contributed by atoms with Crippen molar-refractivity contribution in [2.45, 2.75) is 30.7 Å². The summed E-state index contributed by atoms with van der Waals surface area (Å²) in [6.45, 7) is 2.08. The first-order chi connectivity index (χ1) is 13.2. The fraction of sp³-hybridized carbons (Fsp3) is 0.263. The largest absolute Gasteiger partial charge is 0.319 e. The van der Waals surface area contributed by atoms with E-state index in [-0.39, 0.29) is 5.91 Å². The zero-order valence-electron chi connectivity index (χ0n) is 14.7. The van der Waals surface area contributed by atoms with Gasteiger partial charge in [-0.05, 0) is 55.0 Å². The minimum absolute atomic E-state index is 0.252. The molecule has 1 fully saturated rings. The van der Waals surface area contributed by atoms with Crippen molar-refractivity contribution in [3.8, 4) is 5.69 Å². The molecule has 8 heteroatoms. The minimum atomic E-state index is -0.252. The number of halogens is 1. The van der Waals surface area contributed by atoms with Gasteiger partial charge in [0.1, 0.15) is 0 Å². The van der Waals surface area contributed by atoms with Crippen LogP contribution in [0.5, 0.6) is 0 Å². The van der Waals surface area contributed by atoms with Gasteiger partial charge in [0.05, 0.1) is 28.3 Å². The van der Waals surface area contributed by atoms with Gasteiger partial charge in [-0.3, -0.25) is 4.79 Å². The molecule has 0 saturated heterocycles. The van der Waals surface area contributed by atoms with E-state index in [0.717, 1.165) is 39.5 Å². The van der Waals surface area contributed by atoms with Crippen LogP contribution in [0.2, 0.25) is 0 Å². The lowest BCUT2D eigenvalue weighted by Gasteiger charge is -2.08. The van der Waals surface area contributed by atoms with E-state index in [0.29, 0.717) is 17.3 Å². The van der Waals surface area contributed by atoms with E-state index in [4.69, 9.17) is 0 Å². The lowest BCUT2D eigenvalue weighted by molar-refractivity contribution is 0.102. The molecule has 3 aromatic rings. The van der Waals surface area contributed by atoms with E-state index < -0.39 is 0 Å². The van der Waals surface area contributed by atoms with Crippen LogP contribution in [0.3, 0.4) is 0 Å². The number of carbonyl (C=O) groups excluding carboxylic acids is 1. The molecule has 0 atom stereocenters. The molecule has 1 saturated carbocycles. The third kappa shape index (κ3) is 4.06. The van der Waals surface area contributed by atoms with Crippen LogP contribution in [-0.2, 0) is 0 Å². The second-order valence-electron chi connectivity index (χ2n) is 6.26. The number of aromatic nitrogens is 4. The van der Waals surface area contributed by atoms with Gasteiger partial charge in [0, 0.05) is 10.4 Å². The molecule has 1 aliphatic carbocycles. The molecule has 27 heavy (non-hydrogen) atoms. The van der Waals surface area contributed by atoms with E-state index >= 15 is 0 Å². The van der Waals surface area contributed by atoms with Gasteiger partial charge in [-0.2, -0.15) is 0 Å². The molecular weight excluding hydrogens is 426 g/mol. The number of anilines is 1. The van der Waals surface area contributed by atoms with E-state index in [1.807, 2.05) is 36.4 Å². The van der Waals surface area contributed by atoms with Gasteiger partial charge in [0.25, 0.3) is 5.91 Å². The summed E-state index contributed by atoms with van der Waals surface area (Å²) in [5.41, 5.74) is 2.81. The number of nitrogens with zero attached hydrogens (tertiary/aromatic N) is 4. The van der Waals surface area contributed by atoms with Crippen LogP contribution in [-0.4, -0.2) is 31.6 Å². The molecule has 6 nitrogen and oxygen atoms in total. The number of pyridine rings is 1. The topological polar surface area (TPSA) is 72.7 Å². The number of hydrogen-bond acceptors (Lipinski definition) is 5. The van der Waals surface area contributed by atoms with Crippen LogP contribution < -0.4 is 5.32 Å². The molecule has 1 N–H and O–H groups in total. The normalized spacial score (nSPS) is 13.6. The van der Waals surface area contributed by atoms with Gasteiger partial charge >= 0.3 is 0 Å². The second-order valence-corrected chi connectivity index (χ2v) is 8.46. The Morgan fingerprint density at radius 1 is 1.26 bits per heavy atom. The summed E-state index contributed by atoms with van der Waals surface area (Å²) in [7, 11) is 0. The molecule has 0 unspecified atom stereocenters. The first-order valence-electron chi connectivity index (χ1n) is 8.77. The third-order valence-corrected chi connectivity index (χ3v) is 5.60. The summed E-state index contributed by atoms with van der Waals surface area (Å²) in [4.78, 5) is 17.2. The maximum absolute atomic E-state index is 12.8. The van der Waals surface area contributed by atoms with Crippen LogP contribution in [0.25, 0.3) is 5.69 Å². The van der Waals surface area contributed by atoms with Crippen LogP contribution in [0.1, 0.15) is 41.9 Å². The molecule has 0 radical (unpaired) electrons. The lowest BCUT2D eigenvalue weighted by Crippen LogP contribution is -2.15. The molecule has 4 rings (SSSR count). The smallest absolute Gasteiger partial charge is 0.278 e. The van der Waals surface area contributed by atoms with Crippen LogP contribution >= 0.6 is 27.7 Å². The number of amides is 1. The van der Waals surface area contributed by atoms with Crippen molar-refractivity contribution in [3.63, 3.8) is 0 Å². The first kappa shape index (κ1) is 18.2. The number of carbonyl (C=O) groups is 1. The SMILES string of the molecule is CCSc1ccc(NC(=O)c2nnn(-c3ccc(Br)cc3)c2C2CC2)cn1. The van der Waals surface area contributed by atoms with Gasteiger partial charge in [0.15, 0.2) is 5.69 Å². The average molecular weight is 444 g/mol. The van der Waals surface area contributed by atoms with Crippen LogP contribution in [0, 0.1) is 0 Å². The molecule has 0 spiro atoms. The molecule has 1 amide bonds. The van der Waals surface area contributed by atoms with E-state index in [2.05, 4.69) is 43.5 Å². The highest BCUT2D eigenvalue weighted by atomic mass is 79.9. The Labute approximate surface area is 169 Å².